The van der Waals surface area contributed by atoms with E-state index in [-0.39, 0.29) is 97.8 Å². The minimum atomic E-state index is 0. The largest absolute Gasteiger partial charge is 1.00 e. The summed E-state index contributed by atoms with van der Waals surface area (Å²) in [6.07, 6.45) is 17.6. The second-order valence-corrected chi connectivity index (χ2v) is 32.2. The summed E-state index contributed by atoms with van der Waals surface area (Å²) >= 11 is 6.95. The molecule has 3 radical (unpaired) electrons. The predicted octanol–water partition coefficient (Wildman–Crippen LogP) is 3.66. The van der Waals surface area contributed by atoms with E-state index in [2.05, 4.69) is 152 Å². The van der Waals surface area contributed by atoms with Crippen molar-refractivity contribution in [1.29, 1.82) is 0 Å². The molecule has 8 fully saturated rings. The van der Waals surface area contributed by atoms with Crippen molar-refractivity contribution in [3.05, 3.63) is 0 Å². The van der Waals surface area contributed by atoms with Gasteiger partial charge >= 0.3 is 29.6 Å². The number of hydrogen-bond donors (Lipinski definition) is 5. The molecule has 22 heteroatoms. The number of piperazine rings is 4. The van der Waals surface area contributed by atoms with Gasteiger partial charge in [-0.05, 0) is 118 Å². The summed E-state index contributed by atoms with van der Waals surface area (Å²) < 4.78 is 0.743. The molecule has 4 saturated carbocycles. The first kappa shape index (κ1) is 83.7. The Morgan fingerprint density at radius 1 is 0.487 bits per heavy atom. The van der Waals surface area contributed by atoms with E-state index in [0.29, 0.717) is 36.8 Å². The van der Waals surface area contributed by atoms with Crippen LogP contribution < -0.4 is 56.6 Å². The fourth-order valence-electron chi connectivity index (χ4n) is 10.9. The van der Waals surface area contributed by atoms with E-state index < -0.39 is 0 Å². The Hall–Kier alpha value is 1.26. The second kappa shape index (κ2) is 48.6. The van der Waals surface area contributed by atoms with E-state index in [4.69, 9.17) is 5.73 Å². The number of nitrogens with two attached hydrogens (primary N) is 1. The molecule has 0 bridgehead atoms. The second-order valence-electron chi connectivity index (χ2n) is 21.3. The Morgan fingerprint density at radius 2 is 0.724 bits per heavy atom. The number of alkyl halides is 3. The maximum atomic E-state index is 11.0. The van der Waals surface area contributed by atoms with Crippen molar-refractivity contribution in [2.75, 3.05) is 133 Å². The zero-order valence-corrected chi connectivity index (χ0v) is 56.0. The van der Waals surface area contributed by atoms with E-state index in [1.807, 2.05) is 0 Å². The normalized spacial score (nSPS) is 27.0. The number of rotatable bonds is 6. The number of carbonyl (C=O) groups excluding carboxylic acids is 4. The third-order valence-corrected chi connectivity index (χ3v) is 15.4. The summed E-state index contributed by atoms with van der Waals surface area (Å²) in [4.78, 5) is 60.9. The Labute approximate surface area is 539 Å². The summed E-state index contributed by atoms with van der Waals surface area (Å²) in [6, 6.07) is 3.93. The molecule has 16 nitrogen and oxygen atoms in total. The Bertz CT molecular complexity index is 1370. The van der Waals surface area contributed by atoms with Gasteiger partial charge in [-0.25, -0.2) is 0 Å². The molecule has 0 aromatic carbocycles. The number of nitrogens with zero attached hydrogens (tertiary/aromatic N) is 7. The predicted molar refractivity (Wildman–Crippen MR) is 349 cm³/mol. The van der Waals surface area contributed by atoms with Gasteiger partial charge in [0.25, 0.3) is 0 Å². The van der Waals surface area contributed by atoms with Gasteiger partial charge in [-0.15, -0.1) is 12.4 Å². The average molecular weight is 1440 g/mol. The molecule has 4 heterocycles. The molecule has 4 saturated heterocycles. The minimum absolute atomic E-state index is 0. The summed E-state index contributed by atoms with van der Waals surface area (Å²) in [6.45, 7) is 24.1. The van der Waals surface area contributed by atoms with Crippen LogP contribution in [0.5, 0.6) is 0 Å². The van der Waals surface area contributed by atoms with Gasteiger partial charge in [0, 0.05) is 189 Å². The van der Waals surface area contributed by atoms with Crippen molar-refractivity contribution >= 4 is 112 Å². The van der Waals surface area contributed by atoms with Crippen LogP contribution in [0, 0.1) is 0 Å². The summed E-state index contributed by atoms with van der Waals surface area (Å²) in [5.74, 6) is 0.567. The van der Waals surface area contributed by atoms with Crippen LogP contribution in [-0.2, 0) is 19.2 Å². The number of carbonyl (C=O) groups is 4. The molecular weight excluding hydrogens is 1330 g/mol. The molecule has 4 aliphatic heterocycles. The van der Waals surface area contributed by atoms with Crippen LogP contribution in [0.3, 0.4) is 0 Å². The summed E-state index contributed by atoms with van der Waals surface area (Å²) in [5, 5.41) is 12.2. The van der Waals surface area contributed by atoms with Crippen molar-refractivity contribution in [3.8, 4) is 0 Å². The number of Topliss-reactive ketones (excluding diaryl/α,β-unsaturated/α-hetero) is 1. The third-order valence-electron chi connectivity index (χ3n) is 15.4. The molecule has 0 spiro atoms. The van der Waals surface area contributed by atoms with Crippen molar-refractivity contribution in [2.45, 2.75) is 188 Å². The maximum Gasteiger partial charge on any atom is 1.00 e. The number of likely N-dealkylation sites (N-methyl/N-ethyl adjacent to an activating group) is 4. The molecular formula is C54H113BClI3N12NaO4. The zero-order chi connectivity index (χ0) is 51.4. The molecule has 3 amide bonds. The molecule has 0 aromatic heterocycles. The molecule has 0 unspecified atom stereocenters. The van der Waals surface area contributed by atoms with Gasteiger partial charge in [-0.1, -0.05) is 90.1 Å². The van der Waals surface area contributed by atoms with Gasteiger partial charge in [0.1, 0.15) is 5.72 Å². The van der Waals surface area contributed by atoms with Gasteiger partial charge in [-0.3, -0.25) is 33.9 Å². The van der Waals surface area contributed by atoms with Crippen LogP contribution in [0.2, 0.25) is 0 Å². The molecule has 4 aliphatic carbocycles. The Morgan fingerprint density at radius 3 is 0.961 bits per heavy atom. The summed E-state index contributed by atoms with van der Waals surface area (Å²) in [7, 11) is 8.77. The van der Waals surface area contributed by atoms with Gasteiger partial charge < -0.3 is 48.0 Å². The zero-order valence-electron chi connectivity index (χ0n) is 47.7. The molecule has 76 heavy (non-hydrogen) atoms. The van der Waals surface area contributed by atoms with E-state index >= 15 is 0 Å². The minimum Gasteiger partial charge on any atom is -1.00 e. The van der Waals surface area contributed by atoms with Crippen LogP contribution in [0.4, 0.5) is 0 Å². The smallest absolute Gasteiger partial charge is 1.00 e. The van der Waals surface area contributed by atoms with Gasteiger partial charge in [0.15, 0.2) is 0 Å². The Kier molecular flexibility index (Phi) is 53.6. The molecule has 445 valence electrons. The first-order valence-electron chi connectivity index (χ1n) is 27.0. The molecule has 8 aliphatic rings. The maximum absolute atomic E-state index is 11.0. The summed E-state index contributed by atoms with van der Waals surface area (Å²) in [5.41, 5.74) is 5.92. The molecule has 0 atom stereocenters. The third kappa shape index (κ3) is 38.9. The van der Waals surface area contributed by atoms with E-state index in [1.54, 1.807) is 13.8 Å². The van der Waals surface area contributed by atoms with Crippen LogP contribution >= 0.6 is 80.2 Å². The van der Waals surface area contributed by atoms with Gasteiger partial charge in [0.05, 0.1) is 0 Å². The molecule has 6 N–H and O–H groups in total. The number of halogens is 4. The van der Waals surface area contributed by atoms with Crippen LogP contribution in [0.15, 0.2) is 0 Å². The van der Waals surface area contributed by atoms with Crippen molar-refractivity contribution in [1.82, 2.24) is 55.6 Å². The van der Waals surface area contributed by atoms with Gasteiger partial charge in [-0.2, -0.15) is 0 Å². The van der Waals surface area contributed by atoms with Crippen molar-refractivity contribution in [2.24, 2.45) is 5.73 Å². The monoisotopic (exact) mass is 1440 g/mol. The fraction of sp³-hybridized carbons (Fsp3) is 0.926. The van der Waals surface area contributed by atoms with Crippen molar-refractivity contribution < 1.29 is 50.2 Å². The number of hydrogen-bond acceptors (Lipinski definition) is 13. The standard InChI is InChI=1S/2C13H25N3O.C11H23N3.C8H13NO2.C5H12N2.CHI3.3CH4.B.ClH.Na.H/c2*1-11(17)14-12-3-5-13(6-4-12)16-9-7-15(2)8-10-16;1-13-6-8-14(9-7-13)11-4-2-10(12)3-5-11;1-6(10)9-7-2-4-8(11)5-3-7;1-7-4-2-6-3-5-7;2-1(3)4;;;;;;;/h2*12-13H,3-10H2,1-2H3,(H,14,17);10-11H,2-9,12H2,1H3;7H,2-5H2,1H3,(H,9,10);6H,2-5H2,1H3;1H;3*1H4;;1H;;/q;;;;;;;;;;;+1;-1. The van der Waals surface area contributed by atoms with Crippen LogP contribution in [0.1, 0.15) is 147 Å². The Balaban J connectivity index is -0.000000275. The fourth-order valence-corrected chi connectivity index (χ4v) is 10.9. The number of nitrogens with one attached hydrogen (secondary N) is 4. The molecule has 8 rings (SSSR count). The first-order chi connectivity index (χ1) is 33.4. The quantitative estimate of drug-likeness (QED) is 0.149. The average Bonchev–Trinajstić information content (AvgIpc) is 3.32. The molecule has 0 aromatic rings. The number of amides is 3. The topological polar surface area (TPSA) is 165 Å². The van der Waals surface area contributed by atoms with Crippen molar-refractivity contribution in [3.63, 3.8) is 0 Å². The van der Waals surface area contributed by atoms with E-state index in [9.17, 15) is 19.2 Å². The number of ketones is 1. The van der Waals surface area contributed by atoms with E-state index in [0.717, 1.165) is 69.7 Å². The first-order valence-corrected chi connectivity index (χ1v) is 30.8. The van der Waals surface area contributed by atoms with E-state index in [1.165, 1.54) is 150 Å². The van der Waals surface area contributed by atoms with Crippen LogP contribution in [-0.4, -0.2) is 241 Å². The SMILES string of the molecule is C.C.C.CC(=O)NC1CCC(=O)CC1.CC(=O)NC1CCC(N2CCN(C)CC2)CC1.CC(=O)NC1CCC(N2CCN(C)CC2)CC1.CN1CCN(C2CCC(N)CC2)CC1.CN1CCNCC1.Cl.IC(I)I.[B].[H-].[Na+]. The van der Waals surface area contributed by atoms with Crippen LogP contribution in [0.25, 0.3) is 0 Å². The van der Waals surface area contributed by atoms with Gasteiger partial charge in [0.2, 0.25) is 17.7 Å².